The molecule has 2 heterocycles. The van der Waals surface area contributed by atoms with Gasteiger partial charge in [-0.05, 0) is 56.9 Å². The fraction of sp³-hybridized carbons (Fsp3) is 0.500. The number of benzene rings is 1. The first-order chi connectivity index (χ1) is 12.5. The standard InChI is InChI=1S/C20H27N3O2S/c1-4-25-17-7-5-15(6-8-17)19-22-14(3)18(26-19)20(24)23-10-9-13(2)11-16(23)12-21/h5-8,13,16H,4,9-12,21H2,1-3H3. The molecule has 1 aromatic heterocycles. The summed E-state index contributed by atoms with van der Waals surface area (Å²) in [6, 6.07) is 7.98. The molecule has 1 amide bonds. The molecular weight excluding hydrogens is 346 g/mol. The first-order valence-electron chi connectivity index (χ1n) is 9.25. The van der Waals surface area contributed by atoms with Crippen molar-refractivity contribution in [2.24, 2.45) is 11.7 Å². The van der Waals surface area contributed by atoms with Crippen LogP contribution in [-0.2, 0) is 0 Å². The van der Waals surface area contributed by atoms with Gasteiger partial charge in [0.2, 0.25) is 0 Å². The molecule has 0 spiro atoms. The first-order valence-corrected chi connectivity index (χ1v) is 10.1. The summed E-state index contributed by atoms with van der Waals surface area (Å²) in [5.74, 6) is 1.53. The molecule has 0 aliphatic carbocycles. The molecule has 0 saturated carbocycles. The van der Waals surface area contributed by atoms with Crippen LogP contribution in [0, 0.1) is 12.8 Å². The lowest BCUT2D eigenvalue weighted by atomic mass is 9.92. The molecular formula is C20H27N3O2S. The van der Waals surface area contributed by atoms with E-state index in [9.17, 15) is 4.79 Å². The molecule has 2 aromatic rings. The molecule has 1 aliphatic heterocycles. The quantitative estimate of drug-likeness (QED) is 0.867. The van der Waals surface area contributed by atoms with Gasteiger partial charge in [0.05, 0.1) is 12.3 Å². The van der Waals surface area contributed by atoms with Gasteiger partial charge in [-0.1, -0.05) is 6.92 Å². The lowest BCUT2D eigenvalue weighted by molar-refractivity contribution is 0.0577. The average Bonchev–Trinajstić information content (AvgIpc) is 3.03. The second kappa shape index (κ2) is 8.18. The highest BCUT2D eigenvalue weighted by Gasteiger charge is 2.31. The number of aryl methyl sites for hydroxylation is 1. The number of amides is 1. The molecule has 2 atom stereocenters. The maximum absolute atomic E-state index is 13.1. The maximum atomic E-state index is 13.1. The minimum absolute atomic E-state index is 0.0690. The van der Waals surface area contributed by atoms with Gasteiger partial charge in [0.25, 0.3) is 5.91 Å². The van der Waals surface area contributed by atoms with E-state index in [0.29, 0.717) is 19.1 Å². The molecule has 2 N–H and O–H groups in total. The fourth-order valence-corrected chi connectivity index (χ4v) is 4.48. The van der Waals surface area contributed by atoms with E-state index >= 15 is 0 Å². The number of hydrogen-bond donors (Lipinski definition) is 1. The van der Waals surface area contributed by atoms with Crippen LogP contribution in [0.2, 0.25) is 0 Å². The largest absolute Gasteiger partial charge is 0.494 e. The number of nitrogens with zero attached hydrogens (tertiary/aromatic N) is 2. The van der Waals surface area contributed by atoms with Crippen LogP contribution < -0.4 is 10.5 Å². The maximum Gasteiger partial charge on any atom is 0.266 e. The molecule has 0 bridgehead atoms. The molecule has 1 aromatic carbocycles. The third kappa shape index (κ3) is 3.91. The molecule has 0 radical (unpaired) electrons. The normalized spacial score (nSPS) is 20.2. The van der Waals surface area contributed by atoms with E-state index < -0.39 is 0 Å². The van der Waals surface area contributed by atoms with Crippen molar-refractivity contribution in [3.8, 4) is 16.3 Å². The number of carbonyl (C=O) groups is 1. The number of rotatable bonds is 5. The lowest BCUT2D eigenvalue weighted by Gasteiger charge is -2.37. The van der Waals surface area contributed by atoms with Crippen LogP contribution in [0.15, 0.2) is 24.3 Å². The second-order valence-electron chi connectivity index (χ2n) is 6.91. The van der Waals surface area contributed by atoms with Crippen molar-refractivity contribution in [1.29, 1.82) is 0 Å². The van der Waals surface area contributed by atoms with Crippen LogP contribution in [0.5, 0.6) is 5.75 Å². The van der Waals surface area contributed by atoms with Gasteiger partial charge < -0.3 is 15.4 Å². The van der Waals surface area contributed by atoms with Gasteiger partial charge in [-0.3, -0.25) is 4.79 Å². The number of carbonyl (C=O) groups excluding carboxylic acids is 1. The number of nitrogens with two attached hydrogens (primary N) is 1. The van der Waals surface area contributed by atoms with Crippen molar-refractivity contribution in [3.05, 3.63) is 34.8 Å². The van der Waals surface area contributed by atoms with Crippen LogP contribution in [-0.4, -0.2) is 41.5 Å². The van der Waals surface area contributed by atoms with Crippen molar-refractivity contribution < 1.29 is 9.53 Å². The Hall–Kier alpha value is -1.92. The van der Waals surface area contributed by atoms with Crippen LogP contribution >= 0.6 is 11.3 Å². The first kappa shape index (κ1) is 18.9. The monoisotopic (exact) mass is 373 g/mol. The molecule has 26 heavy (non-hydrogen) atoms. The minimum atomic E-state index is 0.0690. The van der Waals surface area contributed by atoms with Gasteiger partial charge >= 0.3 is 0 Å². The van der Waals surface area contributed by atoms with Gasteiger partial charge in [-0.15, -0.1) is 11.3 Å². The number of piperidine rings is 1. The Kier molecular flexibility index (Phi) is 5.94. The smallest absolute Gasteiger partial charge is 0.266 e. The van der Waals surface area contributed by atoms with E-state index in [1.807, 2.05) is 43.0 Å². The zero-order chi connectivity index (χ0) is 18.7. The number of hydrogen-bond acceptors (Lipinski definition) is 5. The van der Waals surface area contributed by atoms with Crippen molar-refractivity contribution >= 4 is 17.2 Å². The molecule has 5 nitrogen and oxygen atoms in total. The number of thiazole rings is 1. The lowest BCUT2D eigenvalue weighted by Crippen LogP contribution is -2.49. The second-order valence-corrected chi connectivity index (χ2v) is 7.91. The van der Waals surface area contributed by atoms with Crippen LogP contribution in [0.3, 0.4) is 0 Å². The molecule has 140 valence electrons. The Morgan fingerprint density at radius 1 is 1.38 bits per heavy atom. The topological polar surface area (TPSA) is 68.5 Å². The molecule has 1 saturated heterocycles. The Morgan fingerprint density at radius 2 is 2.12 bits per heavy atom. The predicted molar refractivity (Wildman–Crippen MR) is 106 cm³/mol. The zero-order valence-electron chi connectivity index (χ0n) is 15.7. The van der Waals surface area contributed by atoms with E-state index in [1.165, 1.54) is 11.3 Å². The van der Waals surface area contributed by atoms with Crippen molar-refractivity contribution in [3.63, 3.8) is 0 Å². The summed E-state index contributed by atoms with van der Waals surface area (Å²) in [5, 5.41) is 0.864. The summed E-state index contributed by atoms with van der Waals surface area (Å²) in [7, 11) is 0. The predicted octanol–water partition coefficient (Wildman–Crippen LogP) is 3.72. The number of aromatic nitrogens is 1. The molecule has 1 fully saturated rings. The zero-order valence-corrected chi connectivity index (χ0v) is 16.5. The summed E-state index contributed by atoms with van der Waals surface area (Å²) < 4.78 is 5.49. The van der Waals surface area contributed by atoms with E-state index in [0.717, 1.165) is 46.3 Å². The van der Waals surface area contributed by atoms with Gasteiger partial charge in [0.1, 0.15) is 15.6 Å². The third-order valence-corrected chi connectivity index (χ3v) is 6.11. The Labute approximate surface area is 159 Å². The van der Waals surface area contributed by atoms with Gasteiger partial charge in [-0.2, -0.15) is 0 Å². The SMILES string of the molecule is CCOc1ccc(-c2nc(C)c(C(=O)N3CCC(C)CC3CN)s2)cc1. The summed E-state index contributed by atoms with van der Waals surface area (Å²) in [4.78, 5) is 20.4. The molecule has 2 unspecified atom stereocenters. The van der Waals surface area contributed by atoms with E-state index in [2.05, 4.69) is 11.9 Å². The van der Waals surface area contributed by atoms with Gasteiger partial charge in [0, 0.05) is 24.7 Å². The molecule has 1 aliphatic rings. The molecule has 3 rings (SSSR count). The van der Waals surface area contributed by atoms with Crippen molar-refractivity contribution in [2.45, 2.75) is 39.7 Å². The van der Waals surface area contributed by atoms with E-state index in [-0.39, 0.29) is 11.9 Å². The van der Waals surface area contributed by atoms with Crippen LogP contribution in [0.4, 0.5) is 0 Å². The minimum Gasteiger partial charge on any atom is -0.494 e. The highest BCUT2D eigenvalue weighted by Crippen LogP contribution is 2.32. The van der Waals surface area contributed by atoms with Gasteiger partial charge in [0.15, 0.2) is 0 Å². The summed E-state index contributed by atoms with van der Waals surface area (Å²) in [6.45, 7) is 8.03. The number of ether oxygens (including phenoxy) is 1. The van der Waals surface area contributed by atoms with Crippen LogP contribution in [0.25, 0.3) is 10.6 Å². The average molecular weight is 374 g/mol. The highest BCUT2D eigenvalue weighted by molar-refractivity contribution is 7.17. The van der Waals surface area contributed by atoms with Crippen molar-refractivity contribution in [1.82, 2.24) is 9.88 Å². The Morgan fingerprint density at radius 3 is 2.77 bits per heavy atom. The highest BCUT2D eigenvalue weighted by atomic mass is 32.1. The van der Waals surface area contributed by atoms with Crippen LogP contribution in [0.1, 0.15) is 42.1 Å². The Bertz CT molecular complexity index is 757. The third-order valence-electron chi connectivity index (χ3n) is 4.91. The summed E-state index contributed by atoms with van der Waals surface area (Å²) in [6.07, 6.45) is 2.01. The number of likely N-dealkylation sites (tertiary alicyclic amines) is 1. The Balaban J connectivity index is 1.82. The van der Waals surface area contributed by atoms with Crippen molar-refractivity contribution in [2.75, 3.05) is 19.7 Å². The summed E-state index contributed by atoms with van der Waals surface area (Å²) in [5.41, 5.74) is 7.72. The van der Waals surface area contributed by atoms with Gasteiger partial charge in [-0.25, -0.2) is 4.98 Å². The van der Waals surface area contributed by atoms with E-state index in [4.69, 9.17) is 10.5 Å². The molecule has 6 heteroatoms. The van der Waals surface area contributed by atoms with E-state index in [1.54, 1.807) is 0 Å². The summed E-state index contributed by atoms with van der Waals surface area (Å²) >= 11 is 1.46. The fourth-order valence-electron chi connectivity index (χ4n) is 3.45.